The van der Waals surface area contributed by atoms with Crippen LogP contribution in [-0.4, -0.2) is 16.6 Å². The molecule has 4 nitrogen and oxygen atoms in total. The Morgan fingerprint density at radius 2 is 2.04 bits per heavy atom. The number of aromatic amines is 1. The number of H-pyrrole nitrogens is 1. The van der Waals surface area contributed by atoms with Gasteiger partial charge in [-0.25, -0.2) is 0 Å². The number of pyridine rings is 1. The average Bonchev–Trinajstić information content (AvgIpc) is 2.61. The summed E-state index contributed by atoms with van der Waals surface area (Å²) in [4.78, 5) is 27.5. The third-order valence-electron chi connectivity index (χ3n) is 5.07. The summed E-state index contributed by atoms with van der Waals surface area (Å²) in [5, 5.41) is 0.881. The van der Waals surface area contributed by atoms with Crippen molar-refractivity contribution in [3.63, 3.8) is 0 Å². The van der Waals surface area contributed by atoms with Crippen molar-refractivity contribution in [2.24, 2.45) is 17.6 Å². The maximum absolute atomic E-state index is 12.8. The molecular formula is C20H30N2O2S. The van der Waals surface area contributed by atoms with Gasteiger partial charge in [-0.3, -0.25) is 9.59 Å². The molecule has 1 aromatic rings. The number of rotatable bonds is 3. The van der Waals surface area contributed by atoms with E-state index in [0.29, 0.717) is 28.7 Å². The van der Waals surface area contributed by atoms with E-state index >= 15 is 0 Å². The lowest BCUT2D eigenvalue weighted by molar-refractivity contribution is -0.114. The van der Waals surface area contributed by atoms with Crippen LogP contribution in [0.15, 0.2) is 15.4 Å². The second-order valence-electron chi connectivity index (χ2n) is 7.22. The molecule has 1 atom stereocenters. The molecule has 25 heavy (non-hydrogen) atoms. The molecule has 0 bridgehead atoms. The summed E-state index contributed by atoms with van der Waals surface area (Å²) in [6.45, 7) is 8.78. The zero-order chi connectivity index (χ0) is 18.6. The fourth-order valence-electron chi connectivity index (χ4n) is 3.13. The number of nitrogens with one attached hydrogen (secondary N) is 1. The van der Waals surface area contributed by atoms with E-state index in [1.807, 2.05) is 0 Å². The Labute approximate surface area is 154 Å². The molecule has 1 aliphatic heterocycles. The lowest BCUT2D eigenvalue weighted by Gasteiger charge is -2.28. The maximum Gasteiger partial charge on any atom is 0.245 e. The molecule has 3 N–H and O–H groups in total. The molecule has 3 rings (SSSR count). The lowest BCUT2D eigenvalue weighted by Crippen LogP contribution is -2.29. The van der Waals surface area contributed by atoms with E-state index in [1.54, 1.807) is 6.08 Å². The highest BCUT2D eigenvalue weighted by Crippen LogP contribution is 2.33. The van der Waals surface area contributed by atoms with Gasteiger partial charge in [-0.1, -0.05) is 40.5 Å². The molecule has 2 aliphatic rings. The largest absolute Gasteiger partial charge is 0.366 e. The predicted octanol–water partition coefficient (Wildman–Crippen LogP) is 3.92. The summed E-state index contributed by atoms with van der Waals surface area (Å²) in [6.07, 6.45) is 7.21. The Hall–Kier alpha value is -1.49. The van der Waals surface area contributed by atoms with E-state index < -0.39 is 5.91 Å². The number of amides is 1. The van der Waals surface area contributed by atoms with Gasteiger partial charge in [-0.15, -0.1) is 11.8 Å². The SMILES string of the molecule is CC(C)C1CCc2[nH]c3c(c(=O)c2C1)C=C(C(N)=O)CS3.CCCC. The summed E-state index contributed by atoms with van der Waals surface area (Å²) in [5.41, 5.74) is 8.54. The number of carbonyl (C=O) groups is 1. The van der Waals surface area contributed by atoms with Crippen LogP contribution in [0, 0.1) is 11.8 Å². The van der Waals surface area contributed by atoms with Crippen LogP contribution in [0.25, 0.3) is 6.08 Å². The van der Waals surface area contributed by atoms with E-state index in [-0.39, 0.29) is 5.43 Å². The molecule has 0 saturated carbocycles. The number of aryl methyl sites for hydroxylation is 1. The number of aromatic nitrogens is 1. The van der Waals surface area contributed by atoms with Crippen LogP contribution in [0.1, 0.15) is 63.8 Å². The predicted molar refractivity (Wildman–Crippen MR) is 106 cm³/mol. The van der Waals surface area contributed by atoms with Crippen LogP contribution in [0.4, 0.5) is 0 Å². The van der Waals surface area contributed by atoms with E-state index in [4.69, 9.17) is 5.73 Å². The molecule has 1 amide bonds. The number of primary amides is 1. The van der Waals surface area contributed by atoms with Crippen LogP contribution in [0.2, 0.25) is 0 Å². The Kier molecular flexibility index (Phi) is 6.94. The first-order valence-corrected chi connectivity index (χ1v) is 10.3. The third kappa shape index (κ3) is 4.57. The number of fused-ring (bicyclic) bond motifs is 2. The van der Waals surface area contributed by atoms with Crippen molar-refractivity contribution >= 4 is 23.7 Å². The third-order valence-corrected chi connectivity index (χ3v) is 6.14. The fourth-order valence-corrected chi connectivity index (χ4v) is 4.16. The van der Waals surface area contributed by atoms with Gasteiger partial charge >= 0.3 is 0 Å². The number of nitrogens with two attached hydrogens (primary N) is 1. The van der Waals surface area contributed by atoms with Crippen LogP contribution >= 0.6 is 11.8 Å². The van der Waals surface area contributed by atoms with Crippen molar-refractivity contribution in [3.8, 4) is 0 Å². The van der Waals surface area contributed by atoms with Crippen LogP contribution < -0.4 is 11.2 Å². The number of thioether (sulfide) groups is 1. The molecule has 1 unspecified atom stereocenters. The highest BCUT2D eigenvalue weighted by Gasteiger charge is 2.27. The lowest BCUT2D eigenvalue weighted by atomic mass is 9.79. The highest BCUT2D eigenvalue weighted by molar-refractivity contribution is 7.99. The Morgan fingerprint density at radius 1 is 1.36 bits per heavy atom. The van der Waals surface area contributed by atoms with Gasteiger partial charge < -0.3 is 10.7 Å². The van der Waals surface area contributed by atoms with Crippen molar-refractivity contribution in [3.05, 3.63) is 32.6 Å². The first-order valence-electron chi connectivity index (χ1n) is 9.30. The summed E-state index contributed by atoms with van der Waals surface area (Å²) in [6, 6.07) is 0. The standard InChI is InChI=1S/C16H20N2O2S.C4H10/c1-8(2)9-3-4-13-11(5-9)14(19)12-6-10(15(17)20)7-21-16(12)18-13;1-3-4-2/h6,8-9H,3-5,7H2,1-2H3,(H2,17,20)(H,18,19);3-4H2,1-2H3. The summed E-state index contributed by atoms with van der Waals surface area (Å²) in [5.74, 6) is 1.24. The van der Waals surface area contributed by atoms with Crippen LogP contribution in [0.3, 0.4) is 0 Å². The normalized spacial score (nSPS) is 18.6. The molecule has 1 aliphatic carbocycles. The van der Waals surface area contributed by atoms with Gasteiger partial charge in [0.1, 0.15) is 0 Å². The minimum atomic E-state index is -0.440. The first kappa shape index (κ1) is 19.8. The van der Waals surface area contributed by atoms with Crippen LogP contribution in [0.5, 0.6) is 0 Å². The molecule has 5 heteroatoms. The van der Waals surface area contributed by atoms with Gasteiger partial charge in [0, 0.05) is 22.6 Å². The Morgan fingerprint density at radius 3 is 2.60 bits per heavy atom. The molecular weight excluding hydrogens is 332 g/mol. The number of unbranched alkanes of at least 4 members (excludes halogenated alkanes) is 1. The first-order chi connectivity index (χ1) is 11.9. The Bertz CT molecular complexity index is 717. The minimum Gasteiger partial charge on any atom is -0.366 e. The zero-order valence-corrected chi connectivity index (χ0v) is 16.6. The summed E-state index contributed by atoms with van der Waals surface area (Å²) in [7, 11) is 0. The number of hydrogen-bond donors (Lipinski definition) is 2. The molecule has 0 radical (unpaired) electrons. The van der Waals surface area contributed by atoms with Crippen molar-refractivity contribution in [1.82, 2.24) is 4.98 Å². The van der Waals surface area contributed by atoms with Crippen molar-refractivity contribution < 1.29 is 4.79 Å². The summed E-state index contributed by atoms with van der Waals surface area (Å²) < 4.78 is 0. The van der Waals surface area contributed by atoms with Gasteiger partial charge in [-0.2, -0.15) is 0 Å². The second kappa shape index (κ2) is 8.75. The molecule has 138 valence electrons. The molecule has 0 aromatic carbocycles. The van der Waals surface area contributed by atoms with Crippen LogP contribution in [-0.2, 0) is 17.6 Å². The highest BCUT2D eigenvalue weighted by atomic mass is 32.2. The number of carbonyl (C=O) groups excluding carboxylic acids is 1. The molecule has 0 fully saturated rings. The fraction of sp³-hybridized carbons (Fsp3) is 0.600. The van der Waals surface area contributed by atoms with Gasteiger partial charge in [-0.05, 0) is 37.2 Å². The van der Waals surface area contributed by atoms with E-state index in [9.17, 15) is 9.59 Å². The monoisotopic (exact) mass is 362 g/mol. The van der Waals surface area contributed by atoms with E-state index in [1.165, 1.54) is 24.6 Å². The van der Waals surface area contributed by atoms with Gasteiger partial charge in [0.15, 0.2) is 5.43 Å². The number of hydrogen-bond acceptors (Lipinski definition) is 3. The summed E-state index contributed by atoms with van der Waals surface area (Å²) >= 11 is 1.49. The Balaban J connectivity index is 0.000000511. The minimum absolute atomic E-state index is 0.0788. The van der Waals surface area contributed by atoms with Gasteiger partial charge in [0.25, 0.3) is 0 Å². The average molecular weight is 363 g/mol. The quantitative estimate of drug-likeness (QED) is 0.856. The van der Waals surface area contributed by atoms with Gasteiger partial charge in [0.05, 0.1) is 10.6 Å². The van der Waals surface area contributed by atoms with Gasteiger partial charge in [0.2, 0.25) is 5.91 Å². The maximum atomic E-state index is 12.8. The van der Waals surface area contributed by atoms with E-state index in [0.717, 1.165) is 35.5 Å². The molecule has 0 saturated heterocycles. The second-order valence-corrected chi connectivity index (χ2v) is 8.21. The van der Waals surface area contributed by atoms with Crippen molar-refractivity contribution in [2.45, 2.75) is 64.8 Å². The van der Waals surface area contributed by atoms with E-state index in [2.05, 4.69) is 32.7 Å². The van der Waals surface area contributed by atoms with Crippen molar-refractivity contribution in [1.29, 1.82) is 0 Å². The molecule has 1 aromatic heterocycles. The zero-order valence-electron chi connectivity index (χ0n) is 15.8. The smallest absolute Gasteiger partial charge is 0.245 e. The topological polar surface area (TPSA) is 75.9 Å². The molecule has 0 spiro atoms. The van der Waals surface area contributed by atoms with Crippen molar-refractivity contribution in [2.75, 3.05) is 5.75 Å². The molecule has 2 heterocycles.